The number of hydrogen-bond acceptors (Lipinski definition) is 3. The van der Waals surface area contributed by atoms with Crippen molar-refractivity contribution < 1.29 is 4.74 Å². The van der Waals surface area contributed by atoms with E-state index >= 15 is 0 Å². The van der Waals surface area contributed by atoms with E-state index in [4.69, 9.17) is 4.74 Å². The molecule has 0 aliphatic carbocycles. The smallest absolute Gasteiger partial charge is 0.122 e. The lowest BCUT2D eigenvalue weighted by atomic mass is 10.1. The summed E-state index contributed by atoms with van der Waals surface area (Å²) in [5, 5.41) is 7.92. The molecular formula is C17H25N3O. The molecule has 2 aromatic rings. The van der Waals surface area contributed by atoms with Gasteiger partial charge in [-0.2, -0.15) is 5.10 Å². The number of ether oxygens (including phenoxy) is 1. The predicted octanol–water partition coefficient (Wildman–Crippen LogP) is 3.02. The van der Waals surface area contributed by atoms with Crippen molar-refractivity contribution in [2.45, 2.75) is 45.8 Å². The van der Waals surface area contributed by atoms with Gasteiger partial charge in [0.15, 0.2) is 0 Å². The molecule has 114 valence electrons. The number of nitrogens with zero attached hydrogens (tertiary/aromatic N) is 2. The molecule has 0 aliphatic heterocycles. The van der Waals surface area contributed by atoms with Gasteiger partial charge >= 0.3 is 0 Å². The first-order valence-corrected chi connectivity index (χ1v) is 7.60. The minimum Gasteiger partial charge on any atom is -0.496 e. The van der Waals surface area contributed by atoms with Gasteiger partial charge in [0.1, 0.15) is 5.75 Å². The highest BCUT2D eigenvalue weighted by Crippen LogP contribution is 2.18. The van der Waals surface area contributed by atoms with Crippen LogP contribution in [0.3, 0.4) is 0 Å². The fourth-order valence-corrected chi connectivity index (χ4v) is 2.48. The summed E-state index contributed by atoms with van der Waals surface area (Å²) in [5.41, 5.74) is 2.48. The molecule has 1 aromatic heterocycles. The van der Waals surface area contributed by atoms with Gasteiger partial charge in [-0.15, -0.1) is 0 Å². The van der Waals surface area contributed by atoms with Crippen LogP contribution < -0.4 is 10.1 Å². The molecule has 0 aliphatic rings. The van der Waals surface area contributed by atoms with Crippen LogP contribution in [-0.2, 0) is 19.5 Å². The number of hydrogen-bond donors (Lipinski definition) is 1. The molecule has 1 heterocycles. The van der Waals surface area contributed by atoms with E-state index in [-0.39, 0.29) is 0 Å². The molecular weight excluding hydrogens is 262 g/mol. The Balaban J connectivity index is 1.90. The van der Waals surface area contributed by atoms with Crippen LogP contribution in [0.25, 0.3) is 0 Å². The number of aryl methyl sites for hydroxylation is 1. The van der Waals surface area contributed by atoms with Crippen LogP contribution in [0, 0.1) is 0 Å². The van der Waals surface area contributed by atoms with Gasteiger partial charge < -0.3 is 10.1 Å². The molecule has 1 N–H and O–H groups in total. The lowest BCUT2D eigenvalue weighted by Gasteiger charge is -2.16. The molecule has 1 unspecified atom stereocenters. The minimum atomic E-state index is 0.381. The van der Waals surface area contributed by atoms with Gasteiger partial charge in [-0.25, -0.2) is 0 Å². The molecule has 0 saturated heterocycles. The third kappa shape index (κ3) is 4.33. The fourth-order valence-electron chi connectivity index (χ4n) is 2.48. The van der Waals surface area contributed by atoms with Crippen LogP contribution >= 0.6 is 0 Å². The second-order valence-corrected chi connectivity index (χ2v) is 5.34. The molecule has 0 radical (unpaired) electrons. The lowest BCUT2D eigenvalue weighted by molar-refractivity contribution is 0.405. The van der Waals surface area contributed by atoms with Crippen LogP contribution in [0.2, 0.25) is 0 Å². The van der Waals surface area contributed by atoms with Crippen LogP contribution in [0.4, 0.5) is 0 Å². The van der Waals surface area contributed by atoms with Gasteiger partial charge in [0.05, 0.1) is 12.8 Å². The summed E-state index contributed by atoms with van der Waals surface area (Å²) in [4.78, 5) is 0. The minimum absolute atomic E-state index is 0.381. The first-order chi connectivity index (χ1) is 10.2. The highest BCUT2D eigenvalue weighted by Gasteiger charge is 2.09. The Labute approximate surface area is 127 Å². The van der Waals surface area contributed by atoms with E-state index in [9.17, 15) is 0 Å². The molecule has 1 aromatic carbocycles. The molecule has 4 heteroatoms. The third-order valence-corrected chi connectivity index (χ3v) is 3.59. The van der Waals surface area contributed by atoms with E-state index in [2.05, 4.69) is 47.1 Å². The molecule has 21 heavy (non-hydrogen) atoms. The molecule has 1 atom stereocenters. The van der Waals surface area contributed by atoms with Crippen molar-refractivity contribution in [3.8, 4) is 5.75 Å². The zero-order valence-electron chi connectivity index (χ0n) is 13.2. The molecule has 0 spiro atoms. The normalized spacial score (nSPS) is 12.3. The number of para-hydroxylation sites is 1. The number of rotatable bonds is 8. The predicted molar refractivity (Wildman–Crippen MR) is 85.5 cm³/mol. The molecule has 0 saturated carbocycles. The molecule has 4 nitrogen and oxygen atoms in total. The van der Waals surface area contributed by atoms with Crippen molar-refractivity contribution in [2.24, 2.45) is 0 Å². The van der Waals surface area contributed by atoms with Gasteiger partial charge in [0, 0.05) is 25.3 Å². The zero-order valence-corrected chi connectivity index (χ0v) is 13.2. The van der Waals surface area contributed by atoms with Crippen molar-refractivity contribution in [1.82, 2.24) is 15.1 Å². The van der Waals surface area contributed by atoms with Crippen LogP contribution in [0.5, 0.6) is 5.75 Å². The summed E-state index contributed by atoms with van der Waals surface area (Å²) in [6, 6.07) is 10.7. The van der Waals surface area contributed by atoms with Gasteiger partial charge in [-0.1, -0.05) is 25.1 Å². The monoisotopic (exact) mass is 287 g/mol. The summed E-state index contributed by atoms with van der Waals surface area (Å²) >= 11 is 0. The highest BCUT2D eigenvalue weighted by molar-refractivity contribution is 5.33. The van der Waals surface area contributed by atoms with E-state index in [0.717, 1.165) is 31.7 Å². The average molecular weight is 287 g/mol. The van der Waals surface area contributed by atoms with E-state index in [0.29, 0.717) is 6.04 Å². The number of nitrogens with one attached hydrogen (secondary N) is 1. The maximum Gasteiger partial charge on any atom is 0.122 e. The molecule has 0 bridgehead atoms. The van der Waals surface area contributed by atoms with Crippen molar-refractivity contribution in [1.29, 1.82) is 0 Å². The Morgan fingerprint density at radius 1 is 1.29 bits per heavy atom. The topological polar surface area (TPSA) is 39.1 Å². The van der Waals surface area contributed by atoms with Crippen molar-refractivity contribution in [3.63, 3.8) is 0 Å². The first-order valence-electron chi connectivity index (χ1n) is 7.60. The van der Waals surface area contributed by atoms with Gasteiger partial charge in [0.25, 0.3) is 0 Å². The summed E-state index contributed by atoms with van der Waals surface area (Å²) in [7, 11) is 1.72. The van der Waals surface area contributed by atoms with Crippen molar-refractivity contribution in [3.05, 3.63) is 47.8 Å². The Morgan fingerprint density at radius 2 is 2.10 bits per heavy atom. The largest absolute Gasteiger partial charge is 0.496 e. The maximum atomic E-state index is 5.41. The maximum absolute atomic E-state index is 5.41. The first kappa shape index (κ1) is 15.6. The van der Waals surface area contributed by atoms with Gasteiger partial charge in [0.2, 0.25) is 0 Å². The van der Waals surface area contributed by atoms with Crippen molar-refractivity contribution >= 4 is 0 Å². The van der Waals surface area contributed by atoms with E-state index in [1.807, 2.05) is 18.3 Å². The fraction of sp³-hybridized carbons (Fsp3) is 0.471. The van der Waals surface area contributed by atoms with Crippen LogP contribution in [-0.4, -0.2) is 22.9 Å². The molecule has 0 fully saturated rings. The van der Waals surface area contributed by atoms with Gasteiger partial charge in [-0.05, 0) is 37.5 Å². The van der Waals surface area contributed by atoms with Crippen LogP contribution in [0.15, 0.2) is 36.5 Å². The standard InChI is InChI=1S/C17H25N3O/c1-4-11-20-16(9-10-19-20)13-18-14(2)12-15-7-5-6-8-17(15)21-3/h5-10,14,18H,4,11-13H2,1-3H3. The Morgan fingerprint density at radius 3 is 2.86 bits per heavy atom. The second-order valence-electron chi connectivity index (χ2n) is 5.34. The Hall–Kier alpha value is -1.81. The number of methoxy groups -OCH3 is 1. The molecule has 2 rings (SSSR count). The second kappa shape index (κ2) is 7.84. The highest BCUT2D eigenvalue weighted by atomic mass is 16.5. The number of aromatic nitrogens is 2. The quantitative estimate of drug-likeness (QED) is 0.811. The lowest BCUT2D eigenvalue weighted by Crippen LogP contribution is -2.28. The summed E-state index contributed by atoms with van der Waals surface area (Å²) in [6.45, 7) is 6.19. The molecule has 0 amide bonds. The Bertz CT molecular complexity index is 550. The third-order valence-electron chi connectivity index (χ3n) is 3.59. The van der Waals surface area contributed by atoms with Gasteiger partial charge in [-0.3, -0.25) is 4.68 Å². The Kier molecular flexibility index (Phi) is 5.81. The summed E-state index contributed by atoms with van der Waals surface area (Å²) in [6.07, 6.45) is 3.93. The summed E-state index contributed by atoms with van der Waals surface area (Å²) in [5.74, 6) is 0.960. The van der Waals surface area contributed by atoms with Crippen LogP contribution in [0.1, 0.15) is 31.5 Å². The van der Waals surface area contributed by atoms with E-state index in [1.54, 1.807) is 7.11 Å². The van der Waals surface area contributed by atoms with E-state index in [1.165, 1.54) is 11.3 Å². The zero-order chi connectivity index (χ0) is 15.1. The van der Waals surface area contributed by atoms with Crippen molar-refractivity contribution in [2.75, 3.05) is 7.11 Å². The average Bonchev–Trinajstić information content (AvgIpc) is 2.93. The summed E-state index contributed by atoms with van der Waals surface area (Å²) < 4.78 is 7.48. The number of benzene rings is 1. The van der Waals surface area contributed by atoms with E-state index < -0.39 is 0 Å². The SMILES string of the molecule is CCCn1nccc1CNC(C)Cc1ccccc1OC.